The van der Waals surface area contributed by atoms with Crippen molar-refractivity contribution in [2.24, 2.45) is 0 Å². The van der Waals surface area contributed by atoms with Crippen molar-refractivity contribution in [1.82, 2.24) is 15.2 Å². The summed E-state index contributed by atoms with van der Waals surface area (Å²) >= 11 is 1.35. The summed E-state index contributed by atoms with van der Waals surface area (Å²) in [5.74, 6) is -0.992. The Hall–Kier alpha value is -1.69. The van der Waals surface area contributed by atoms with Gasteiger partial charge in [0.1, 0.15) is 5.01 Å². The minimum atomic E-state index is -0.992. The molecule has 0 spiro atoms. The Morgan fingerprint density at radius 3 is 2.93 bits per heavy atom. The molecule has 2 heterocycles. The molecule has 0 saturated carbocycles. The van der Waals surface area contributed by atoms with Crippen LogP contribution in [-0.4, -0.2) is 26.3 Å². The molecule has 2 N–H and O–H groups in total. The van der Waals surface area contributed by atoms with Gasteiger partial charge >= 0.3 is 5.97 Å². The van der Waals surface area contributed by atoms with Crippen molar-refractivity contribution < 1.29 is 9.90 Å². The normalized spacial score (nSPS) is 10.4. The van der Waals surface area contributed by atoms with Crippen LogP contribution in [0.4, 0.5) is 0 Å². The van der Waals surface area contributed by atoms with E-state index in [-0.39, 0.29) is 5.69 Å². The molecule has 0 saturated heterocycles. The molecular formula is C8H7N3O2S. The van der Waals surface area contributed by atoms with Crippen molar-refractivity contribution in [2.75, 3.05) is 0 Å². The lowest BCUT2D eigenvalue weighted by Crippen LogP contribution is -1.98. The van der Waals surface area contributed by atoms with Crippen LogP contribution in [0, 0.1) is 6.92 Å². The number of aromatic carboxylic acids is 1. The van der Waals surface area contributed by atoms with Gasteiger partial charge in [-0.15, -0.1) is 11.3 Å². The fourth-order valence-electron chi connectivity index (χ4n) is 1.09. The standard InChI is InChI=1S/C8H7N3O2S/c1-4-6(8(12)13)11-7(14-4)5-2-9-10-3-5/h2-3H,1H3,(H,9,10)(H,12,13). The van der Waals surface area contributed by atoms with Crippen molar-refractivity contribution in [3.63, 3.8) is 0 Å². The number of thiazole rings is 1. The number of aryl methyl sites for hydroxylation is 1. The van der Waals surface area contributed by atoms with Crippen LogP contribution in [0.2, 0.25) is 0 Å². The van der Waals surface area contributed by atoms with Gasteiger partial charge in [0.05, 0.1) is 6.20 Å². The van der Waals surface area contributed by atoms with E-state index in [0.29, 0.717) is 9.88 Å². The minimum absolute atomic E-state index is 0.117. The maximum atomic E-state index is 10.7. The summed E-state index contributed by atoms with van der Waals surface area (Å²) in [7, 11) is 0. The molecule has 14 heavy (non-hydrogen) atoms. The fourth-order valence-corrected chi connectivity index (χ4v) is 1.97. The van der Waals surface area contributed by atoms with E-state index >= 15 is 0 Å². The second-order valence-electron chi connectivity index (χ2n) is 2.72. The van der Waals surface area contributed by atoms with Crippen LogP contribution >= 0.6 is 11.3 Å². The number of carboxylic acid groups (broad SMARTS) is 1. The lowest BCUT2D eigenvalue weighted by molar-refractivity contribution is 0.0690. The van der Waals surface area contributed by atoms with E-state index in [1.807, 2.05) is 0 Å². The summed E-state index contributed by atoms with van der Waals surface area (Å²) in [5.41, 5.74) is 0.928. The summed E-state index contributed by atoms with van der Waals surface area (Å²) in [6.07, 6.45) is 3.30. The van der Waals surface area contributed by atoms with E-state index < -0.39 is 5.97 Å². The summed E-state index contributed by atoms with van der Waals surface area (Å²) in [5, 5.41) is 15.9. The van der Waals surface area contributed by atoms with Crippen molar-refractivity contribution in [3.8, 4) is 10.6 Å². The Balaban J connectivity index is 2.48. The number of aromatic nitrogens is 3. The fraction of sp³-hybridized carbons (Fsp3) is 0.125. The molecule has 2 aromatic rings. The molecule has 0 radical (unpaired) electrons. The third-order valence-electron chi connectivity index (χ3n) is 1.74. The largest absolute Gasteiger partial charge is 0.476 e. The van der Waals surface area contributed by atoms with Gasteiger partial charge in [-0.2, -0.15) is 5.10 Å². The van der Waals surface area contributed by atoms with Crippen LogP contribution < -0.4 is 0 Å². The molecule has 2 aromatic heterocycles. The van der Waals surface area contributed by atoms with Gasteiger partial charge in [-0.25, -0.2) is 9.78 Å². The average molecular weight is 209 g/mol. The van der Waals surface area contributed by atoms with E-state index in [9.17, 15) is 4.79 Å². The first kappa shape index (κ1) is 8.89. The Morgan fingerprint density at radius 2 is 2.43 bits per heavy atom. The van der Waals surface area contributed by atoms with Crippen molar-refractivity contribution in [2.45, 2.75) is 6.92 Å². The predicted octanol–water partition coefficient (Wildman–Crippen LogP) is 1.54. The number of hydrogen-bond acceptors (Lipinski definition) is 4. The highest BCUT2D eigenvalue weighted by molar-refractivity contribution is 7.15. The summed E-state index contributed by atoms with van der Waals surface area (Å²) in [4.78, 5) is 15.4. The molecule has 0 aliphatic rings. The first-order valence-electron chi connectivity index (χ1n) is 3.88. The monoisotopic (exact) mass is 209 g/mol. The van der Waals surface area contributed by atoms with Crippen LogP contribution in [0.3, 0.4) is 0 Å². The molecule has 0 aromatic carbocycles. The van der Waals surface area contributed by atoms with Crippen LogP contribution in [0.15, 0.2) is 12.4 Å². The molecule has 2 rings (SSSR count). The van der Waals surface area contributed by atoms with E-state index in [0.717, 1.165) is 5.56 Å². The molecule has 0 unspecified atom stereocenters. The quantitative estimate of drug-likeness (QED) is 0.786. The molecule has 0 aliphatic carbocycles. The number of carboxylic acids is 1. The lowest BCUT2D eigenvalue weighted by atomic mass is 10.3. The topological polar surface area (TPSA) is 78.9 Å². The van der Waals surface area contributed by atoms with Crippen LogP contribution in [0.25, 0.3) is 10.6 Å². The van der Waals surface area contributed by atoms with Gasteiger partial charge in [-0.1, -0.05) is 0 Å². The van der Waals surface area contributed by atoms with E-state index in [2.05, 4.69) is 15.2 Å². The van der Waals surface area contributed by atoms with Gasteiger partial charge in [0.25, 0.3) is 0 Å². The van der Waals surface area contributed by atoms with E-state index in [1.54, 1.807) is 19.3 Å². The average Bonchev–Trinajstić information content (AvgIpc) is 2.70. The Morgan fingerprint density at radius 1 is 1.64 bits per heavy atom. The highest BCUT2D eigenvalue weighted by Crippen LogP contribution is 2.26. The summed E-state index contributed by atoms with van der Waals surface area (Å²) < 4.78 is 0. The lowest BCUT2D eigenvalue weighted by Gasteiger charge is -1.85. The summed E-state index contributed by atoms with van der Waals surface area (Å²) in [6.45, 7) is 1.74. The van der Waals surface area contributed by atoms with Gasteiger partial charge < -0.3 is 5.11 Å². The third kappa shape index (κ3) is 1.39. The van der Waals surface area contributed by atoms with Crippen LogP contribution in [-0.2, 0) is 0 Å². The third-order valence-corrected chi connectivity index (χ3v) is 2.76. The Bertz CT molecular complexity index is 461. The molecule has 0 atom stereocenters. The highest BCUT2D eigenvalue weighted by atomic mass is 32.1. The maximum absolute atomic E-state index is 10.7. The number of aromatic amines is 1. The SMILES string of the molecule is Cc1sc(-c2cn[nH]c2)nc1C(=O)O. The van der Waals surface area contributed by atoms with Gasteiger partial charge in [-0.05, 0) is 6.92 Å². The van der Waals surface area contributed by atoms with Crippen LogP contribution in [0.1, 0.15) is 15.4 Å². The van der Waals surface area contributed by atoms with Gasteiger partial charge in [0, 0.05) is 16.6 Å². The van der Waals surface area contributed by atoms with Crippen molar-refractivity contribution >= 4 is 17.3 Å². The molecule has 72 valence electrons. The van der Waals surface area contributed by atoms with Crippen molar-refractivity contribution in [1.29, 1.82) is 0 Å². The van der Waals surface area contributed by atoms with Gasteiger partial charge in [-0.3, -0.25) is 5.10 Å². The molecule has 0 amide bonds. The van der Waals surface area contributed by atoms with Crippen LogP contribution in [0.5, 0.6) is 0 Å². The zero-order chi connectivity index (χ0) is 10.1. The molecule has 6 heteroatoms. The second kappa shape index (κ2) is 3.22. The predicted molar refractivity (Wildman–Crippen MR) is 51.4 cm³/mol. The van der Waals surface area contributed by atoms with E-state index in [4.69, 9.17) is 5.11 Å². The minimum Gasteiger partial charge on any atom is -0.476 e. The molecule has 0 fully saturated rings. The Kier molecular flexibility index (Phi) is 2.05. The second-order valence-corrected chi connectivity index (χ2v) is 3.92. The first-order valence-corrected chi connectivity index (χ1v) is 4.70. The smallest absolute Gasteiger partial charge is 0.355 e. The zero-order valence-corrected chi connectivity index (χ0v) is 8.13. The van der Waals surface area contributed by atoms with E-state index in [1.165, 1.54) is 11.3 Å². The first-order chi connectivity index (χ1) is 6.68. The van der Waals surface area contributed by atoms with Gasteiger partial charge in [0.15, 0.2) is 5.69 Å². The number of H-pyrrole nitrogens is 1. The van der Waals surface area contributed by atoms with Gasteiger partial charge in [0.2, 0.25) is 0 Å². The zero-order valence-electron chi connectivity index (χ0n) is 7.31. The van der Waals surface area contributed by atoms with Crippen molar-refractivity contribution in [3.05, 3.63) is 23.0 Å². The number of hydrogen-bond donors (Lipinski definition) is 2. The Labute approximate surface area is 83.4 Å². The molecule has 5 nitrogen and oxygen atoms in total. The molecule has 0 bridgehead atoms. The number of carbonyl (C=O) groups is 1. The number of nitrogens with zero attached hydrogens (tertiary/aromatic N) is 2. The molecule has 0 aliphatic heterocycles. The highest BCUT2D eigenvalue weighted by Gasteiger charge is 2.15. The molecular weight excluding hydrogens is 202 g/mol. The number of rotatable bonds is 2. The maximum Gasteiger partial charge on any atom is 0.355 e. The summed E-state index contributed by atoms with van der Waals surface area (Å²) in [6, 6.07) is 0. The number of nitrogens with one attached hydrogen (secondary N) is 1.